The van der Waals surface area contributed by atoms with Crippen LogP contribution in [-0.4, -0.2) is 38.1 Å². The lowest BCUT2D eigenvalue weighted by Gasteiger charge is -2.20. The number of benzene rings is 1. The molecule has 0 spiro atoms. The van der Waals surface area contributed by atoms with Gasteiger partial charge in [0.1, 0.15) is 5.76 Å². The van der Waals surface area contributed by atoms with E-state index in [2.05, 4.69) is 0 Å². The molecule has 0 unspecified atom stereocenters. The fourth-order valence-electron chi connectivity index (χ4n) is 3.79. The molecule has 0 saturated heterocycles. The van der Waals surface area contributed by atoms with Gasteiger partial charge in [-0.25, -0.2) is 0 Å². The second-order valence-corrected chi connectivity index (χ2v) is 6.77. The average Bonchev–Trinajstić information content (AvgIpc) is 3.32. The zero-order valence-electron chi connectivity index (χ0n) is 14.7. The van der Waals surface area contributed by atoms with Gasteiger partial charge < -0.3 is 18.8 Å². The fourth-order valence-corrected chi connectivity index (χ4v) is 3.79. The SMILES string of the molecule is COc1cc2c(cc1OC)CCN(C(=O)[C@H]1C[C@H]1c1ccco1)CC2. The smallest absolute Gasteiger partial charge is 0.226 e. The Morgan fingerprint density at radius 2 is 1.76 bits per heavy atom. The highest BCUT2D eigenvalue weighted by Gasteiger charge is 2.47. The van der Waals surface area contributed by atoms with Crippen LogP contribution in [0.3, 0.4) is 0 Å². The second-order valence-electron chi connectivity index (χ2n) is 6.77. The molecule has 1 amide bonds. The molecule has 2 aromatic rings. The van der Waals surface area contributed by atoms with E-state index in [1.807, 2.05) is 29.2 Å². The average molecular weight is 341 g/mol. The summed E-state index contributed by atoms with van der Waals surface area (Å²) < 4.78 is 16.3. The number of carbonyl (C=O) groups is 1. The summed E-state index contributed by atoms with van der Waals surface area (Å²) in [5, 5.41) is 0. The molecule has 5 heteroatoms. The fraction of sp³-hybridized carbons (Fsp3) is 0.450. The highest BCUT2D eigenvalue weighted by Crippen LogP contribution is 2.48. The largest absolute Gasteiger partial charge is 0.493 e. The number of furan rings is 1. The van der Waals surface area contributed by atoms with Crippen molar-refractivity contribution in [1.82, 2.24) is 4.90 Å². The van der Waals surface area contributed by atoms with Crippen LogP contribution in [0, 0.1) is 5.92 Å². The monoisotopic (exact) mass is 341 g/mol. The number of carbonyl (C=O) groups excluding carboxylic acids is 1. The minimum atomic E-state index is 0.0800. The molecule has 0 bridgehead atoms. The molecule has 25 heavy (non-hydrogen) atoms. The molecule has 1 aromatic carbocycles. The van der Waals surface area contributed by atoms with E-state index in [1.54, 1.807) is 20.5 Å². The van der Waals surface area contributed by atoms with Crippen LogP contribution in [0.1, 0.15) is 29.2 Å². The Balaban J connectivity index is 1.46. The molecular weight excluding hydrogens is 318 g/mol. The van der Waals surface area contributed by atoms with Crippen molar-refractivity contribution in [3.8, 4) is 11.5 Å². The van der Waals surface area contributed by atoms with E-state index in [0.29, 0.717) is 0 Å². The Morgan fingerprint density at radius 1 is 1.12 bits per heavy atom. The van der Waals surface area contributed by atoms with Crippen LogP contribution in [0.2, 0.25) is 0 Å². The van der Waals surface area contributed by atoms with Crippen molar-refractivity contribution in [3.05, 3.63) is 47.4 Å². The first-order valence-electron chi connectivity index (χ1n) is 8.77. The van der Waals surface area contributed by atoms with Gasteiger partial charge in [0.25, 0.3) is 0 Å². The molecule has 1 aliphatic heterocycles. The molecule has 2 aliphatic rings. The van der Waals surface area contributed by atoms with Crippen LogP contribution in [0.4, 0.5) is 0 Å². The summed E-state index contributed by atoms with van der Waals surface area (Å²) >= 11 is 0. The van der Waals surface area contributed by atoms with Crippen LogP contribution < -0.4 is 9.47 Å². The number of methoxy groups -OCH3 is 2. The van der Waals surface area contributed by atoms with E-state index >= 15 is 0 Å². The molecule has 0 N–H and O–H groups in total. The van der Waals surface area contributed by atoms with Crippen molar-refractivity contribution >= 4 is 5.91 Å². The third-order valence-corrected chi connectivity index (χ3v) is 5.34. The summed E-state index contributed by atoms with van der Waals surface area (Å²) in [4.78, 5) is 14.9. The standard InChI is InChI=1S/C20H23NO4/c1-23-18-10-13-5-7-21(8-6-14(13)11-19(18)24-2)20(22)16-12-15(16)17-4-3-9-25-17/h3-4,9-11,15-16H,5-8,12H2,1-2H3/t15-,16+/m1/s1. The highest BCUT2D eigenvalue weighted by atomic mass is 16.5. The van der Waals surface area contributed by atoms with E-state index < -0.39 is 0 Å². The number of ether oxygens (including phenoxy) is 2. The molecule has 5 nitrogen and oxygen atoms in total. The molecule has 1 fully saturated rings. The van der Waals surface area contributed by atoms with Gasteiger partial charge >= 0.3 is 0 Å². The lowest BCUT2D eigenvalue weighted by molar-refractivity contribution is -0.132. The van der Waals surface area contributed by atoms with Gasteiger partial charge in [0, 0.05) is 24.9 Å². The first kappa shape index (κ1) is 16.1. The van der Waals surface area contributed by atoms with Gasteiger partial charge in [0.05, 0.1) is 20.5 Å². The lowest BCUT2D eigenvalue weighted by atomic mass is 10.0. The molecule has 4 rings (SSSR count). The zero-order chi connectivity index (χ0) is 17.4. The van der Waals surface area contributed by atoms with E-state index in [9.17, 15) is 4.79 Å². The molecule has 1 aromatic heterocycles. The quantitative estimate of drug-likeness (QED) is 0.858. The summed E-state index contributed by atoms with van der Waals surface area (Å²) in [5.41, 5.74) is 2.48. The van der Waals surface area contributed by atoms with Crippen molar-refractivity contribution in [1.29, 1.82) is 0 Å². The summed E-state index contributed by atoms with van der Waals surface area (Å²) in [7, 11) is 3.30. The maximum absolute atomic E-state index is 12.9. The Bertz CT molecular complexity index is 733. The first-order chi connectivity index (χ1) is 12.2. The summed E-state index contributed by atoms with van der Waals surface area (Å²) in [6.45, 7) is 1.51. The highest BCUT2D eigenvalue weighted by molar-refractivity contribution is 5.83. The minimum absolute atomic E-state index is 0.0800. The minimum Gasteiger partial charge on any atom is -0.493 e. The Morgan fingerprint density at radius 3 is 2.28 bits per heavy atom. The van der Waals surface area contributed by atoms with Gasteiger partial charge in [-0.05, 0) is 54.7 Å². The molecule has 1 saturated carbocycles. The molecule has 2 heterocycles. The van der Waals surface area contributed by atoms with Crippen molar-refractivity contribution < 1.29 is 18.7 Å². The Labute approximate surface area is 147 Å². The predicted octanol–water partition coefficient (Wildman–Crippen LogP) is 3.03. The maximum atomic E-state index is 12.9. The number of amides is 1. The van der Waals surface area contributed by atoms with Crippen LogP contribution in [0.15, 0.2) is 34.9 Å². The molecule has 0 radical (unpaired) electrons. The molecule has 2 atom stereocenters. The van der Waals surface area contributed by atoms with Crippen LogP contribution in [0.5, 0.6) is 11.5 Å². The lowest BCUT2D eigenvalue weighted by Crippen LogP contribution is -2.34. The van der Waals surface area contributed by atoms with E-state index in [4.69, 9.17) is 13.9 Å². The van der Waals surface area contributed by atoms with Crippen LogP contribution in [-0.2, 0) is 17.6 Å². The van der Waals surface area contributed by atoms with Crippen LogP contribution in [0.25, 0.3) is 0 Å². The molecular formula is C20H23NO4. The van der Waals surface area contributed by atoms with Crippen molar-refractivity contribution in [2.75, 3.05) is 27.3 Å². The van der Waals surface area contributed by atoms with Gasteiger partial charge in [-0.2, -0.15) is 0 Å². The predicted molar refractivity (Wildman–Crippen MR) is 93.1 cm³/mol. The number of rotatable bonds is 4. The number of hydrogen-bond donors (Lipinski definition) is 0. The van der Waals surface area contributed by atoms with E-state index in [0.717, 1.165) is 49.6 Å². The van der Waals surface area contributed by atoms with Crippen LogP contribution >= 0.6 is 0 Å². The normalized spacial score (nSPS) is 22.1. The third-order valence-electron chi connectivity index (χ3n) is 5.34. The van der Waals surface area contributed by atoms with Crippen molar-refractivity contribution in [2.24, 2.45) is 5.92 Å². The summed E-state index contributed by atoms with van der Waals surface area (Å²) in [6.07, 6.45) is 4.27. The van der Waals surface area contributed by atoms with Gasteiger partial charge in [0.15, 0.2) is 11.5 Å². The van der Waals surface area contributed by atoms with Crippen molar-refractivity contribution in [2.45, 2.75) is 25.2 Å². The third kappa shape index (κ3) is 2.99. The molecule has 132 valence electrons. The number of nitrogens with zero attached hydrogens (tertiary/aromatic N) is 1. The second kappa shape index (κ2) is 6.47. The van der Waals surface area contributed by atoms with Gasteiger partial charge in [-0.1, -0.05) is 0 Å². The molecule has 1 aliphatic carbocycles. The van der Waals surface area contributed by atoms with Crippen molar-refractivity contribution in [3.63, 3.8) is 0 Å². The summed E-state index contributed by atoms with van der Waals surface area (Å²) in [5.74, 6) is 3.03. The van der Waals surface area contributed by atoms with E-state index in [1.165, 1.54) is 11.1 Å². The van der Waals surface area contributed by atoms with Gasteiger partial charge in [-0.15, -0.1) is 0 Å². The number of fused-ring (bicyclic) bond motifs is 1. The number of hydrogen-bond acceptors (Lipinski definition) is 4. The van der Waals surface area contributed by atoms with Gasteiger partial charge in [0.2, 0.25) is 5.91 Å². The first-order valence-corrected chi connectivity index (χ1v) is 8.77. The van der Waals surface area contributed by atoms with Gasteiger partial charge in [-0.3, -0.25) is 4.79 Å². The Hall–Kier alpha value is -2.43. The maximum Gasteiger partial charge on any atom is 0.226 e. The topological polar surface area (TPSA) is 51.9 Å². The zero-order valence-corrected chi connectivity index (χ0v) is 14.7. The Kier molecular flexibility index (Phi) is 4.15. The van der Waals surface area contributed by atoms with E-state index in [-0.39, 0.29) is 17.7 Å². The summed E-state index contributed by atoms with van der Waals surface area (Å²) in [6, 6.07) is 7.95.